The zero-order chi connectivity index (χ0) is 18.4. The molecule has 7 heteroatoms. The highest BCUT2D eigenvalue weighted by molar-refractivity contribution is 6.00. The largest absolute Gasteiger partial charge is 0.385 e. The molecule has 1 heterocycles. The maximum Gasteiger partial charge on any atom is 0.270 e. The summed E-state index contributed by atoms with van der Waals surface area (Å²) in [6.07, 6.45) is 2.85. The van der Waals surface area contributed by atoms with Gasteiger partial charge in [-0.2, -0.15) is 0 Å². The molecule has 0 unspecified atom stereocenters. The smallest absolute Gasteiger partial charge is 0.270 e. The Labute approximate surface area is 148 Å². The summed E-state index contributed by atoms with van der Waals surface area (Å²) in [4.78, 5) is 27.3. The minimum Gasteiger partial charge on any atom is -0.385 e. The number of non-ortho nitro benzene ring substituents is 1. The molecular weight excluding hydrogens is 322 g/mol. The van der Waals surface area contributed by atoms with E-state index in [4.69, 9.17) is 4.74 Å². The van der Waals surface area contributed by atoms with Gasteiger partial charge in [0.15, 0.2) is 0 Å². The van der Waals surface area contributed by atoms with Crippen LogP contribution in [0.15, 0.2) is 18.2 Å². The Bertz CT molecular complexity index is 612. The van der Waals surface area contributed by atoms with Gasteiger partial charge in [-0.15, -0.1) is 0 Å². The highest BCUT2D eigenvalue weighted by Crippen LogP contribution is 2.30. The summed E-state index contributed by atoms with van der Waals surface area (Å²) >= 11 is 0. The molecule has 0 radical (unpaired) electrons. The molecule has 1 aromatic rings. The summed E-state index contributed by atoms with van der Waals surface area (Å²) in [6.45, 7) is 5.08. The van der Waals surface area contributed by atoms with E-state index in [1.807, 2.05) is 0 Å². The standard InChI is InChI=1S/C18H27N3O4/c1-14-7-10-20(11-8-14)17-6-5-15(21(23)24)13-16(17)18(22)19(2)9-4-12-25-3/h5-6,13-14H,4,7-12H2,1-3H3. The Morgan fingerprint density at radius 2 is 2.08 bits per heavy atom. The van der Waals surface area contributed by atoms with Crippen LogP contribution in [0.5, 0.6) is 0 Å². The number of piperidine rings is 1. The van der Waals surface area contributed by atoms with Crippen molar-refractivity contribution in [2.75, 3.05) is 45.3 Å². The van der Waals surface area contributed by atoms with Gasteiger partial charge < -0.3 is 14.5 Å². The third-order valence-corrected chi connectivity index (χ3v) is 4.73. The average Bonchev–Trinajstić information content (AvgIpc) is 2.61. The Morgan fingerprint density at radius 3 is 2.68 bits per heavy atom. The normalized spacial score (nSPS) is 15.2. The lowest BCUT2D eigenvalue weighted by Gasteiger charge is -2.33. The molecule has 0 N–H and O–H groups in total. The van der Waals surface area contributed by atoms with Gasteiger partial charge in [-0.1, -0.05) is 6.92 Å². The molecule has 1 fully saturated rings. The van der Waals surface area contributed by atoms with Gasteiger partial charge in [-0.05, 0) is 31.2 Å². The number of hydrogen-bond donors (Lipinski definition) is 0. The van der Waals surface area contributed by atoms with E-state index in [0.717, 1.165) is 38.0 Å². The van der Waals surface area contributed by atoms with Crippen LogP contribution in [0, 0.1) is 16.0 Å². The Morgan fingerprint density at radius 1 is 1.40 bits per heavy atom. The number of carbonyl (C=O) groups is 1. The average molecular weight is 349 g/mol. The second-order valence-electron chi connectivity index (χ2n) is 6.70. The number of amides is 1. The zero-order valence-electron chi connectivity index (χ0n) is 15.2. The molecule has 0 aromatic heterocycles. The van der Waals surface area contributed by atoms with Crippen molar-refractivity contribution in [3.8, 4) is 0 Å². The van der Waals surface area contributed by atoms with Crippen LogP contribution >= 0.6 is 0 Å². The number of nitro groups is 1. The van der Waals surface area contributed by atoms with Crippen molar-refractivity contribution >= 4 is 17.3 Å². The maximum atomic E-state index is 12.9. The van der Waals surface area contributed by atoms with Crippen LogP contribution in [0.1, 0.15) is 36.5 Å². The fourth-order valence-electron chi connectivity index (χ4n) is 3.09. The lowest BCUT2D eigenvalue weighted by Crippen LogP contribution is -2.35. The van der Waals surface area contributed by atoms with Gasteiger partial charge >= 0.3 is 0 Å². The van der Waals surface area contributed by atoms with Crippen molar-refractivity contribution in [2.24, 2.45) is 5.92 Å². The van der Waals surface area contributed by atoms with E-state index in [1.165, 1.54) is 12.1 Å². The van der Waals surface area contributed by atoms with Crippen molar-refractivity contribution in [1.82, 2.24) is 4.90 Å². The van der Waals surface area contributed by atoms with Crippen LogP contribution in [0.4, 0.5) is 11.4 Å². The molecule has 7 nitrogen and oxygen atoms in total. The zero-order valence-corrected chi connectivity index (χ0v) is 15.2. The van der Waals surface area contributed by atoms with Crippen molar-refractivity contribution in [2.45, 2.75) is 26.2 Å². The molecule has 1 saturated heterocycles. The lowest BCUT2D eigenvalue weighted by atomic mass is 9.97. The van der Waals surface area contributed by atoms with Gasteiger partial charge in [0.2, 0.25) is 0 Å². The van der Waals surface area contributed by atoms with Crippen molar-refractivity contribution in [3.05, 3.63) is 33.9 Å². The first-order chi connectivity index (χ1) is 11.9. The molecule has 0 atom stereocenters. The van der Waals surface area contributed by atoms with Gasteiger partial charge in [-0.3, -0.25) is 14.9 Å². The molecule has 1 aromatic carbocycles. The molecule has 0 saturated carbocycles. The third kappa shape index (κ3) is 4.92. The van der Waals surface area contributed by atoms with E-state index in [2.05, 4.69) is 11.8 Å². The third-order valence-electron chi connectivity index (χ3n) is 4.73. The summed E-state index contributed by atoms with van der Waals surface area (Å²) in [7, 11) is 3.34. The summed E-state index contributed by atoms with van der Waals surface area (Å²) in [5.74, 6) is 0.485. The van der Waals surface area contributed by atoms with E-state index >= 15 is 0 Å². The van der Waals surface area contributed by atoms with Gasteiger partial charge in [0.1, 0.15) is 0 Å². The Kier molecular flexibility index (Phi) is 6.75. The van der Waals surface area contributed by atoms with Crippen molar-refractivity contribution in [3.63, 3.8) is 0 Å². The van der Waals surface area contributed by atoms with Crippen LogP contribution in [-0.4, -0.2) is 56.1 Å². The first-order valence-electron chi connectivity index (χ1n) is 8.71. The maximum absolute atomic E-state index is 12.9. The van der Waals surface area contributed by atoms with Crippen LogP contribution in [-0.2, 0) is 4.74 Å². The van der Waals surface area contributed by atoms with Crippen molar-refractivity contribution < 1.29 is 14.5 Å². The molecule has 138 valence electrons. The molecule has 1 amide bonds. The molecule has 0 spiro atoms. The van der Waals surface area contributed by atoms with E-state index in [0.29, 0.717) is 24.6 Å². The number of hydrogen-bond acceptors (Lipinski definition) is 5. The minimum atomic E-state index is -0.455. The van der Waals surface area contributed by atoms with Crippen LogP contribution in [0.2, 0.25) is 0 Å². The molecule has 25 heavy (non-hydrogen) atoms. The number of methoxy groups -OCH3 is 1. The lowest BCUT2D eigenvalue weighted by molar-refractivity contribution is -0.384. The predicted molar refractivity (Wildman–Crippen MR) is 97.2 cm³/mol. The number of rotatable bonds is 7. The Hall–Kier alpha value is -2.15. The minimum absolute atomic E-state index is 0.0530. The van der Waals surface area contributed by atoms with E-state index in [-0.39, 0.29) is 11.6 Å². The number of nitro benzene ring substituents is 1. The van der Waals surface area contributed by atoms with Crippen LogP contribution in [0.25, 0.3) is 0 Å². The number of anilines is 1. The fourth-order valence-corrected chi connectivity index (χ4v) is 3.09. The van der Waals surface area contributed by atoms with Gasteiger partial charge in [0.05, 0.1) is 16.2 Å². The molecule has 1 aliphatic heterocycles. The summed E-state index contributed by atoms with van der Waals surface area (Å²) < 4.78 is 5.02. The first kappa shape index (κ1) is 19.2. The second-order valence-corrected chi connectivity index (χ2v) is 6.70. The molecule has 1 aliphatic rings. The SMILES string of the molecule is COCCCN(C)C(=O)c1cc([N+](=O)[O-])ccc1N1CCC(C)CC1. The molecule has 0 bridgehead atoms. The first-order valence-corrected chi connectivity index (χ1v) is 8.71. The monoisotopic (exact) mass is 349 g/mol. The fraction of sp³-hybridized carbons (Fsp3) is 0.611. The molecule has 2 rings (SSSR count). The van der Waals surface area contributed by atoms with E-state index in [9.17, 15) is 14.9 Å². The highest BCUT2D eigenvalue weighted by atomic mass is 16.6. The second kappa shape index (κ2) is 8.80. The summed E-state index contributed by atoms with van der Waals surface area (Å²) in [5.41, 5.74) is 1.15. The Balaban J connectivity index is 2.27. The summed E-state index contributed by atoms with van der Waals surface area (Å²) in [5, 5.41) is 11.1. The van der Waals surface area contributed by atoms with Crippen LogP contribution < -0.4 is 4.90 Å². The van der Waals surface area contributed by atoms with Gasteiger partial charge in [-0.25, -0.2) is 0 Å². The summed E-state index contributed by atoms with van der Waals surface area (Å²) in [6, 6.07) is 4.60. The van der Waals surface area contributed by atoms with Crippen LogP contribution in [0.3, 0.4) is 0 Å². The van der Waals surface area contributed by atoms with E-state index < -0.39 is 4.92 Å². The predicted octanol–water partition coefficient (Wildman–Crippen LogP) is 2.94. The number of nitrogens with zero attached hydrogens (tertiary/aromatic N) is 3. The number of ether oxygens (including phenoxy) is 1. The van der Waals surface area contributed by atoms with Gasteiger partial charge in [0.25, 0.3) is 11.6 Å². The van der Waals surface area contributed by atoms with Crippen molar-refractivity contribution in [1.29, 1.82) is 0 Å². The van der Waals surface area contributed by atoms with Gasteiger partial charge in [0, 0.05) is 52.5 Å². The highest BCUT2D eigenvalue weighted by Gasteiger charge is 2.25. The van der Waals surface area contributed by atoms with E-state index in [1.54, 1.807) is 25.1 Å². The number of carbonyl (C=O) groups excluding carboxylic acids is 1. The quantitative estimate of drug-likeness (QED) is 0.430. The molecular formula is C18H27N3O4. The topological polar surface area (TPSA) is 75.9 Å². The molecule has 0 aliphatic carbocycles. The number of benzene rings is 1.